The van der Waals surface area contributed by atoms with E-state index in [4.69, 9.17) is 14.2 Å². The molecule has 0 aromatic heterocycles. The Bertz CT molecular complexity index is 1090. The number of benzene rings is 1. The lowest BCUT2D eigenvalue weighted by Crippen LogP contribution is -2.55. The van der Waals surface area contributed by atoms with Gasteiger partial charge in [-0.1, -0.05) is 44.2 Å². The van der Waals surface area contributed by atoms with Crippen LogP contribution in [0, 0.1) is 0 Å². The standard InChI is InChI=1S/C26H40N3O14P.CH4/c30-22(31)14-27(10-11-28(15-23(32)33)16-24(34)35)13-21(29(17-25(36)37)18-26(38)39)19-43-44(40,41)42-12-6-2-5-9-20-7-3-1-4-8-20;/h1,3-4,7-8,21H,2,5-6,9-19H2,(H,30,31)(H,32,33)(H,34,35)(H,36,37)(H,38,39)(H,40,41);1H4/p-4. The summed E-state index contributed by atoms with van der Waals surface area (Å²) in [5, 5.41) is 52.0. The van der Waals surface area contributed by atoms with Crippen LogP contribution >= 0.6 is 7.82 Å². The Morgan fingerprint density at radius 3 is 1.82 bits per heavy atom. The molecule has 0 fully saturated rings. The summed E-state index contributed by atoms with van der Waals surface area (Å²) in [7, 11) is -4.98. The second kappa shape index (κ2) is 22.1. The number of nitrogens with zero attached hydrogens (tertiary/aromatic N) is 3. The van der Waals surface area contributed by atoms with Crippen LogP contribution in [0.15, 0.2) is 30.3 Å². The average Bonchev–Trinajstić information content (AvgIpc) is 2.90. The van der Waals surface area contributed by atoms with Crippen molar-refractivity contribution in [1.29, 1.82) is 0 Å². The number of carbonyl (C=O) groups excluding carboxylic acids is 3. The van der Waals surface area contributed by atoms with Crippen LogP contribution in [0.4, 0.5) is 0 Å². The summed E-state index contributed by atoms with van der Waals surface area (Å²) < 4.78 is 22.2. The van der Waals surface area contributed by atoms with Crippen LogP contribution < -0.4 is 20.2 Å². The smallest absolute Gasteiger partial charge is 0.317 e. The van der Waals surface area contributed by atoms with Gasteiger partial charge in [0.1, 0.15) is 0 Å². The number of phosphoric acid groups is 1. The van der Waals surface area contributed by atoms with Gasteiger partial charge in [-0.15, -0.1) is 0 Å². The van der Waals surface area contributed by atoms with E-state index in [1.165, 1.54) is 0 Å². The maximum Gasteiger partial charge on any atom is 0.317 e. The van der Waals surface area contributed by atoms with Gasteiger partial charge in [-0.3, -0.25) is 28.9 Å². The summed E-state index contributed by atoms with van der Waals surface area (Å²) in [5.74, 6) is -7.84. The zero-order valence-electron chi connectivity index (χ0n) is 23.9. The minimum atomic E-state index is -4.98. The molecule has 256 valence electrons. The molecule has 18 heteroatoms. The van der Waals surface area contributed by atoms with E-state index in [0.29, 0.717) is 12.8 Å². The molecule has 0 radical (unpaired) electrons. The Kier molecular flexibility index (Phi) is 20.4. The summed E-state index contributed by atoms with van der Waals surface area (Å²) in [6.45, 7) is -6.52. The number of unbranched alkanes of at least 4 members (excludes halogenated alkanes) is 2. The third-order valence-electron chi connectivity index (χ3n) is 6.08. The highest BCUT2D eigenvalue weighted by Crippen LogP contribution is 2.38. The van der Waals surface area contributed by atoms with Gasteiger partial charge < -0.3 is 53.9 Å². The molecule has 0 saturated heterocycles. The van der Waals surface area contributed by atoms with Crippen LogP contribution in [0.3, 0.4) is 0 Å². The van der Waals surface area contributed by atoms with E-state index in [9.17, 15) is 53.9 Å². The van der Waals surface area contributed by atoms with Crippen molar-refractivity contribution in [2.75, 3.05) is 65.6 Å². The molecule has 2 atom stereocenters. The Morgan fingerprint density at radius 1 is 0.756 bits per heavy atom. The van der Waals surface area contributed by atoms with Gasteiger partial charge in [0.05, 0.1) is 44.2 Å². The Morgan fingerprint density at radius 2 is 1.29 bits per heavy atom. The van der Waals surface area contributed by atoms with Gasteiger partial charge in [-0.2, -0.15) is 0 Å². The number of aliphatic carboxylic acids is 5. The van der Waals surface area contributed by atoms with E-state index >= 15 is 0 Å². The molecule has 1 aromatic carbocycles. The predicted molar refractivity (Wildman–Crippen MR) is 149 cm³/mol. The second-order valence-corrected chi connectivity index (χ2v) is 11.2. The maximum absolute atomic E-state index is 12.4. The second-order valence-electron chi connectivity index (χ2n) is 9.78. The van der Waals surface area contributed by atoms with Crippen molar-refractivity contribution >= 4 is 37.7 Å². The van der Waals surface area contributed by atoms with E-state index < -0.39 is 89.6 Å². The fourth-order valence-electron chi connectivity index (χ4n) is 4.16. The highest BCUT2D eigenvalue weighted by atomic mass is 31.2. The fraction of sp³-hybridized carbons (Fsp3) is 0.593. The van der Waals surface area contributed by atoms with Crippen molar-refractivity contribution in [2.45, 2.75) is 39.2 Å². The molecule has 0 aliphatic carbocycles. The van der Waals surface area contributed by atoms with Gasteiger partial charge >= 0.3 is 11.9 Å². The first-order valence-corrected chi connectivity index (χ1v) is 15.0. The van der Waals surface area contributed by atoms with Gasteiger partial charge in [0.2, 0.25) is 0 Å². The van der Waals surface area contributed by atoms with Crippen molar-refractivity contribution in [3.63, 3.8) is 0 Å². The predicted octanol–water partition coefficient (Wildman–Crippen LogP) is -3.77. The SMILES string of the molecule is C.O=C([O-])CN(CCN(CC(=O)O)CC(COP(=O)([O-])OCCCCCc1ccccc1)N(CC(=O)[O-])CC(=O)[O-])CC(=O)O. The lowest BCUT2D eigenvalue weighted by atomic mass is 10.1. The number of hydrogen-bond acceptors (Lipinski definition) is 15. The molecule has 17 nitrogen and oxygen atoms in total. The zero-order chi connectivity index (χ0) is 33.1. The quantitative estimate of drug-likeness (QED) is 0.0713. The first-order valence-electron chi connectivity index (χ1n) is 13.5. The maximum atomic E-state index is 12.4. The van der Waals surface area contributed by atoms with Crippen molar-refractivity contribution < 1.29 is 68.0 Å². The van der Waals surface area contributed by atoms with Gasteiger partial charge in [0.15, 0.2) is 0 Å². The van der Waals surface area contributed by atoms with Crippen LogP contribution in [-0.4, -0.2) is 126 Å². The first-order chi connectivity index (χ1) is 20.7. The van der Waals surface area contributed by atoms with Crippen LogP contribution in [0.5, 0.6) is 0 Å². The zero-order valence-corrected chi connectivity index (χ0v) is 24.8. The Labute approximate surface area is 261 Å². The molecular formula is C27H40N3O14P-4. The van der Waals surface area contributed by atoms with Gasteiger partial charge in [0, 0.05) is 45.3 Å². The number of carbonyl (C=O) groups is 5. The highest BCUT2D eigenvalue weighted by molar-refractivity contribution is 7.45. The molecule has 0 heterocycles. The van der Waals surface area contributed by atoms with Crippen molar-refractivity contribution in [3.8, 4) is 0 Å². The molecule has 0 aliphatic rings. The number of rotatable bonds is 26. The van der Waals surface area contributed by atoms with Crippen LogP contribution in [-0.2, 0) is 44.0 Å². The van der Waals surface area contributed by atoms with Crippen LogP contribution in [0.25, 0.3) is 0 Å². The highest BCUT2D eigenvalue weighted by Gasteiger charge is 2.26. The van der Waals surface area contributed by atoms with E-state index in [-0.39, 0.29) is 27.1 Å². The summed E-state index contributed by atoms with van der Waals surface area (Å²) in [6.07, 6.45) is 2.57. The Balaban J connectivity index is 0.0000194. The number of carboxylic acid groups (broad SMARTS) is 5. The average molecular weight is 662 g/mol. The van der Waals surface area contributed by atoms with Crippen molar-refractivity contribution in [3.05, 3.63) is 35.9 Å². The van der Waals surface area contributed by atoms with Gasteiger partial charge in [-0.05, 0) is 24.8 Å². The summed E-state index contributed by atoms with van der Waals surface area (Å²) in [4.78, 5) is 71.4. The van der Waals surface area contributed by atoms with E-state index in [2.05, 4.69) is 0 Å². The summed E-state index contributed by atoms with van der Waals surface area (Å²) >= 11 is 0. The van der Waals surface area contributed by atoms with E-state index in [0.717, 1.165) is 33.1 Å². The van der Waals surface area contributed by atoms with Crippen LogP contribution in [0.2, 0.25) is 0 Å². The third-order valence-corrected chi connectivity index (χ3v) is 7.04. The van der Waals surface area contributed by atoms with E-state index in [1.54, 1.807) is 0 Å². The molecule has 0 amide bonds. The normalized spacial score (nSPS) is 13.2. The molecule has 0 bridgehead atoms. The molecule has 2 N–H and O–H groups in total. The molecule has 0 spiro atoms. The van der Waals surface area contributed by atoms with E-state index in [1.807, 2.05) is 30.3 Å². The fourth-order valence-corrected chi connectivity index (χ4v) is 4.94. The van der Waals surface area contributed by atoms with Crippen LogP contribution in [0.1, 0.15) is 32.3 Å². The van der Waals surface area contributed by atoms with Crippen molar-refractivity contribution in [2.24, 2.45) is 0 Å². The van der Waals surface area contributed by atoms with Gasteiger partial charge in [-0.25, -0.2) is 0 Å². The molecule has 45 heavy (non-hydrogen) atoms. The molecule has 1 aromatic rings. The third kappa shape index (κ3) is 21.0. The Hall–Kier alpha value is -3.44. The monoisotopic (exact) mass is 661 g/mol. The lowest BCUT2D eigenvalue weighted by Gasteiger charge is -2.37. The molecule has 2 unspecified atom stereocenters. The minimum Gasteiger partial charge on any atom is -0.756 e. The molecular weight excluding hydrogens is 621 g/mol. The number of hydrogen-bond donors (Lipinski definition) is 2. The molecule has 0 saturated carbocycles. The summed E-state index contributed by atoms with van der Waals surface area (Å²) in [5.41, 5.74) is 1.13. The van der Waals surface area contributed by atoms with Gasteiger partial charge in [0.25, 0.3) is 7.82 Å². The first kappa shape index (κ1) is 41.6. The molecule has 1 rings (SSSR count). The number of carboxylic acids is 5. The molecule has 0 aliphatic heterocycles. The topological polar surface area (TPSA) is 263 Å². The minimum absolute atomic E-state index is 0. The summed E-state index contributed by atoms with van der Waals surface area (Å²) in [6, 6.07) is 8.25. The largest absolute Gasteiger partial charge is 0.756 e. The number of phosphoric ester groups is 1. The number of aryl methyl sites for hydroxylation is 1. The van der Waals surface area contributed by atoms with Crippen molar-refractivity contribution in [1.82, 2.24) is 14.7 Å². The lowest BCUT2D eigenvalue weighted by molar-refractivity contribution is -0.311.